The Bertz CT molecular complexity index is 413. The normalized spacial score (nSPS) is 8.56. The molecule has 0 aliphatic carbocycles. The van der Waals surface area contributed by atoms with Crippen molar-refractivity contribution >= 4 is 0 Å². The van der Waals surface area contributed by atoms with Crippen LogP contribution in [0, 0.1) is 6.92 Å². The molecule has 0 saturated carbocycles. The largest absolute Gasteiger partial charge is 0.497 e. The van der Waals surface area contributed by atoms with Crippen molar-refractivity contribution in [1.29, 1.82) is 0 Å². The molecule has 2 heteroatoms. The van der Waals surface area contributed by atoms with Crippen LogP contribution in [0.4, 0.5) is 0 Å². The molecule has 1 aromatic carbocycles. The van der Waals surface area contributed by atoms with E-state index in [0.29, 0.717) is 0 Å². The third-order valence-electron chi connectivity index (χ3n) is 2.11. The lowest BCUT2D eigenvalue weighted by atomic mass is 10.2. The molecule has 0 unspecified atom stereocenters. The van der Waals surface area contributed by atoms with Gasteiger partial charge in [-0.05, 0) is 43.3 Å². The standard InChI is InChI=1S/C12H12O2.2C2H6/c1-9-3-8-12(14-9)10-4-6-11(13-2)7-5-10;2*1-2/h3-8H,1-2H3;2*1-2H3. The number of aryl methyl sites for hydroxylation is 1. The highest BCUT2D eigenvalue weighted by atomic mass is 16.5. The summed E-state index contributed by atoms with van der Waals surface area (Å²) in [6.45, 7) is 9.94. The van der Waals surface area contributed by atoms with Crippen molar-refractivity contribution < 1.29 is 9.15 Å². The van der Waals surface area contributed by atoms with Crippen molar-refractivity contribution in [2.24, 2.45) is 0 Å². The zero-order valence-corrected chi connectivity index (χ0v) is 12.3. The molecule has 2 nitrogen and oxygen atoms in total. The van der Waals surface area contributed by atoms with Gasteiger partial charge in [0.1, 0.15) is 17.3 Å². The van der Waals surface area contributed by atoms with Crippen molar-refractivity contribution in [3.63, 3.8) is 0 Å². The zero-order valence-electron chi connectivity index (χ0n) is 12.3. The van der Waals surface area contributed by atoms with E-state index in [4.69, 9.17) is 9.15 Å². The van der Waals surface area contributed by atoms with Crippen LogP contribution in [0.2, 0.25) is 0 Å². The summed E-state index contributed by atoms with van der Waals surface area (Å²) in [7, 11) is 1.66. The second-order valence-electron chi connectivity index (χ2n) is 3.14. The zero-order chi connectivity index (χ0) is 14.0. The number of hydrogen-bond acceptors (Lipinski definition) is 2. The molecule has 0 saturated heterocycles. The summed E-state index contributed by atoms with van der Waals surface area (Å²) < 4.78 is 10.6. The highest BCUT2D eigenvalue weighted by Gasteiger charge is 2.01. The first kappa shape index (κ1) is 16.3. The fourth-order valence-corrected chi connectivity index (χ4v) is 1.34. The number of rotatable bonds is 2. The van der Waals surface area contributed by atoms with E-state index in [2.05, 4.69) is 0 Å². The van der Waals surface area contributed by atoms with Gasteiger partial charge in [-0.3, -0.25) is 0 Å². The van der Waals surface area contributed by atoms with Crippen LogP contribution in [-0.2, 0) is 0 Å². The lowest BCUT2D eigenvalue weighted by Gasteiger charge is -2.00. The van der Waals surface area contributed by atoms with Crippen molar-refractivity contribution in [2.45, 2.75) is 34.6 Å². The van der Waals surface area contributed by atoms with Gasteiger partial charge in [-0.1, -0.05) is 27.7 Å². The predicted molar refractivity (Wildman–Crippen MR) is 78.1 cm³/mol. The molecule has 1 heterocycles. The Hall–Kier alpha value is -1.70. The monoisotopic (exact) mass is 248 g/mol. The number of hydrogen-bond donors (Lipinski definition) is 0. The average Bonchev–Trinajstić information content (AvgIpc) is 2.90. The molecule has 0 aliphatic rings. The molecule has 18 heavy (non-hydrogen) atoms. The molecular weight excluding hydrogens is 224 g/mol. The second kappa shape index (κ2) is 9.34. The number of ether oxygens (including phenoxy) is 1. The van der Waals surface area contributed by atoms with Gasteiger partial charge in [0.2, 0.25) is 0 Å². The number of methoxy groups -OCH3 is 1. The third-order valence-corrected chi connectivity index (χ3v) is 2.11. The smallest absolute Gasteiger partial charge is 0.134 e. The molecule has 0 radical (unpaired) electrons. The Morgan fingerprint density at radius 3 is 1.78 bits per heavy atom. The highest BCUT2D eigenvalue weighted by Crippen LogP contribution is 2.23. The van der Waals surface area contributed by atoms with Gasteiger partial charge in [-0.2, -0.15) is 0 Å². The summed E-state index contributed by atoms with van der Waals surface area (Å²) >= 11 is 0. The van der Waals surface area contributed by atoms with E-state index < -0.39 is 0 Å². The number of furan rings is 1. The van der Waals surface area contributed by atoms with E-state index in [-0.39, 0.29) is 0 Å². The minimum absolute atomic E-state index is 0.858. The van der Waals surface area contributed by atoms with Crippen LogP contribution in [0.3, 0.4) is 0 Å². The molecule has 1 aromatic heterocycles. The van der Waals surface area contributed by atoms with Crippen molar-refractivity contribution in [2.75, 3.05) is 7.11 Å². The van der Waals surface area contributed by atoms with Gasteiger partial charge in [0, 0.05) is 5.56 Å². The molecule has 0 fully saturated rings. The quantitative estimate of drug-likeness (QED) is 0.718. The topological polar surface area (TPSA) is 22.4 Å². The van der Waals surface area contributed by atoms with E-state index in [1.807, 2.05) is 71.0 Å². The van der Waals surface area contributed by atoms with Gasteiger partial charge in [-0.25, -0.2) is 0 Å². The summed E-state index contributed by atoms with van der Waals surface area (Å²) in [4.78, 5) is 0. The van der Waals surface area contributed by atoms with Crippen molar-refractivity contribution in [1.82, 2.24) is 0 Å². The molecule has 0 aliphatic heterocycles. The van der Waals surface area contributed by atoms with Crippen molar-refractivity contribution in [3.05, 3.63) is 42.2 Å². The van der Waals surface area contributed by atoms with Gasteiger partial charge < -0.3 is 9.15 Å². The van der Waals surface area contributed by atoms with Crippen LogP contribution >= 0.6 is 0 Å². The summed E-state index contributed by atoms with van der Waals surface area (Å²) in [5.41, 5.74) is 1.07. The lowest BCUT2D eigenvalue weighted by molar-refractivity contribution is 0.415. The maximum absolute atomic E-state index is 5.50. The molecule has 0 atom stereocenters. The van der Waals surface area contributed by atoms with E-state index in [9.17, 15) is 0 Å². The van der Waals surface area contributed by atoms with Crippen LogP contribution in [0.1, 0.15) is 33.5 Å². The van der Waals surface area contributed by atoms with E-state index >= 15 is 0 Å². The average molecular weight is 248 g/mol. The SMILES string of the molecule is CC.CC.COc1ccc(-c2ccc(C)o2)cc1. The third kappa shape index (κ3) is 4.66. The van der Waals surface area contributed by atoms with Crippen LogP contribution in [0.5, 0.6) is 5.75 Å². The first-order valence-corrected chi connectivity index (χ1v) is 6.50. The fraction of sp³-hybridized carbons (Fsp3) is 0.375. The minimum Gasteiger partial charge on any atom is -0.497 e. The van der Waals surface area contributed by atoms with Crippen LogP contribution in [0.25, 0.3) is 11.3 Å². The van der Waals surface area contributed by atoms with E-state index in [1.54, 1.807) is 7.11 Å². The van der Waals surface area contributed by atoms with Crippen LogP contribution < -0.4 is 4.74 Å². The Balaban J connectivity index is 0.000000659. The van der Waals surface area contributed by atoms with Gasteiger partial charge >= 0.3 is 0 Å². The Kier molecular flexibility index (Phi) is 8.46. The first-order chi connectivity index (χ1) is 8.79. The van der Waals surface area contributed by atoms with E-state index in [0.717, 1.165) is 22.8 Å². The summed E-state index contributed by atoms with van der Waals surface area (Å²) in [6, 6.07) is 11.7. The first-order valence-electron chi connectivity index (χ1n) is 6.50. The van der Waals surface area contributed by atoms with Gasteiger partial charge in [-0.15, -0.1) is 0 Å². The molecule has 100 valence electrons. The maximum Gasteiger partial charge on any atom is 0.134 e. The molecule has 0 spiro atoms. The Labute approximate surface area is 111 Å². The molecule has 0 N–H and O–H groups in total. The summed E-state index contributed by atoms with van der Waals surface area (Å²) in [6.07, 6.45) is 0. The van der Waals surface area contributed by atoms with Crippen LogP contribution in [0.15, 0.2) is 40.8 Å². The molecule has 2 aromatic rings. The maximum atomic E-state index is 5.50. The van der Waals surface area contributed by atoms with E-state index in [1.165, 1.54) is 0 Å². The van der Waals surface area contributed by atoms with Gasteiger partial charge in [0.05, 0.1) is 7.11 Å². The molecule has 2 rings (SSSR count). The second-order valence-corrected chi connectivity index (χ2v) is 3.14. The molecule has 0 amide bonds. The Morgan fingerprint density at radius 1 is 0.833 bits per heavy atom. The summed E-state index contributed by atoms with van der Waals surface area (Å²) in [5.74, 6) is 2.68. The highest BCUT2D eigenvalue weighted by molar-refractivity contribution is 5.58. The Morgan fingerprint density at radius 2 is 1.39 bits per heavy atom. The van der Waals surface area contributed by atoms with Crippen LogP contribution in [-0.4, -0.2) is 7.11 Å². The molecular formula is C16H24O2. The number of benzene rings is 1. The lowest BCUT2D eigenvalue weighted by Crippen LogP contribution is -1.81. The molecule has 0 bridgehead atoms. The van der Waals surface area contributed by atoms with Gasteiger partial charge in [0.15, 0.2) is 0 Å². The fourth-order valence-electron chi connectivity index (χ4n) is 1.34. The van der Waals surface area contributed by atoms with Gasteiger partial charge in [0.25, 0.3) is 0 Å². The predicted octanol–water partition coefficient (Wildman–Crippen LogP) is 5.32. The summed E-state index contributed by atoms with van der Waals surface area (Å²) in [5, 5.41) is 0. The van der Waals surface area contributed by atoms with Crippen molar-refractivity contribution in [3.8, 4) is 17.1 Å². The minimum atomic E-state index is 0.858.